The van der Waals surface area contributed by atoms with Crippen molar-refractivity contribution in [3.05, 3.63) is 29.3 Å². The van der Waals surface area contributed by atoms with Gasteiger partial charge in [0, 0.05) is 0 Å². The Hall–Kier alpha value is -1.72. The Kier molecular flexibility index (Phi) is 4.44. The molecule has 0 amide bonds. The van der Waals surface area contributed by atoms with Crippen molar-refractivity contribution in [3.63, 3.8) is 0 Å². The summed E-state index contributed by atoms with van der Waals surface area (Å²) in [4.78, 5) is 11.0. The fourth-order valence-electron chi connectivity index (χ4n) is 2.65. The highest BCUT2D eigenvalue weighted by atomic mass is 19.4. The summed E-state index contributed by atoms with van der Waals surface area (Å²) >= 11 is 0. The number of carboxylic acid groups (broad SMARTS) is 1. The van der Waals surface area contributed by atoms with E-state index in [0.717, 1.165) is 37.8 Å². The lowest BCUT2D eigenvalue weighted by Crippen LogP contribution is -2.28. The van der Waals surface area contributed by atoms with Gasteiger partial charge in [0.2, 0.25) is 0 Å². The summed E-state index contributed by atoms with van der Waals surface area (Å²) < 4.78 is 44.0. The number of hydrogen-bond acceptors (Lipinski definition) is 2. The molecule has 2 unspecified atom stereocenters. The zero-order chi connectivity index (χ0) is 15.6. The molecule has 0 spiro atoms. The molecule has 0 saturated heterocycles. The molecule has 3 nitrogen and oxygen atoms in total. The van der Waals surface area contributed by atoms with Crippen LogP contribution in [0, 0.1) is 5.92 Å². The predicted molar refractivity (Wildman–Crippen MR) is 70.5 cm³/mol. The van der Waals surface area contributed by atoms with Gasteiger partial charge in [0.25, 0.3) is 0 Å². The molecule has 2 rings (SSSR count). The monoisotopic (exact) mass is 302 g/mol. The number of rotatable bonds is 3. The lowest BCUT2D eigenvalue weighted by atomic mass is 9.88. The minimum Gasteiger partial charge on any atom is -0.490 e. The van der Waals surface area contributed by atoms with Crippen molar-refractivity contribution in [2.45, 2.75) is 44.9 Å². The van der Waals surface area contributed by atoms with E-state index >= 15 is 0 Å². The summed E-state index contributed by atoms with van der Waals surface area (Å²) in [6, 6.07) is 2.93. The van der Waals surface area contributed by atoms with Crippen molar-refractivity contribution in [1.29, 1.82) is 0 Å². The van der Waals surface area contributed by atoms with Crippen molar-refractivity contribution < 1.29 is 27.8 Å². The van der Waals surface area contributed by atoms with Crippen LogP contribution in [0.3, 0.4) is 0 Å². The third-order valence-electron chi connectivity index (χ3n) is 3.85. The molecule has 21 heavy (non-hydrogen) atoms. The first kappa shape index (κ1) is 15.7. The van der Waals surface area contributed by atoms with Gasteiger partial charge in [-0.3, -0.25) is 0 Å². The lowest BCUT2D eigenvalue weighted by Gasteiger charge is -2.29. The van der Waals surface area contributed by atoms with Crippen molar-refractivity contribution in [1.82, 2.24) is 0 Å². The molecule has 0 aliphatic heterocycles. The van der Waals surface area contributed by atoms with E-state index < -0.39 is 23.3 Å². The van der Waals surface area contributed by atoms with Crippen LogP contribution in [0.1, 0.15) is 48.5 Å². The van der Waals surface area contributed by atoms with Gasteiger partial charge in [-0.25, -0.2) is 4.79 Å². The molecule has 1 aromatic rings. The van der Waals surface area contributed by atoms with Gasteiger partial charge in [-0.1, -0.05) is 13.3 Å². The maximum atomic E-state index is 12.8. The average Bonchev–Trinajstić information content (AvgIpc) is 2.40. The van der Waals surface area contributed by atoms with E-state index in [9.17, 15) is 18.0 Å². The zero-order valence-corrected chi connectivity index (χ0v) is 11.6. The van der Waals surface area contributed by atoms with Crippen LogP contribution >= 0.6 is 0 Å². The fourth-order valence-corrected chi connectivity index (χ4v) is 2.65. The number of ether oxygens (including phenoxy) is 1. The molecule has 0 heterocycles. The van der Waals surface area contributed by atoms with Gasteiger partial charge in [-0.15, -0.1) is 0 Å². The van der Waals surface area contributed by atoms with Crippen molar-refractivity contribution in [3.8, 4) is 5.75 Å². The van der Waals surface area contributed by atoms with Gasteiger partial charge >= 0.3 is 12.1 Å². The number of halogens is 3. The number of carbonyl (C=O) groups is 1. The highest BCUT2D eigenvalue weighted by Crippen LogP contribution is 2.35. The Morgan fingerprint density at radius 3 is 2.52 bits per heavy atom. The van der Waals surface area contributed by atoms with Crippen LogP contribution in [0.15, 0.2) is 18.2 Å². The molecule has 116 valence electrons. The van der Waals surface area contributed by atoms with E-state index in [-0.39, 0.29) is 11.9 Å². The van der Waals surface area contributed by atoms with Crippen LogP contribution in [0.25, 0.3) is 0 Å². The van der Waals surface area contributed by atoms with Gasteiger partial charge in [-0.05, 0) is 43.4 Å². The summed E-state index contributed by atoms with van der Waals surface area (Å²) in [6.07, 6.45) is -0.779. The van der Waals surface area contributed by atoms with E-state index in [1.165, 1.54) is 6.07 Å². The second kappa shape index (κ2) is 5.95. The van der Waals surface area contributed by atoms with Gasteiger partial charge < -0.3 is 9.84 Å². The molecule has 0 aromatic heterocycles. The van der Waals surface area contributed by atoms with Crippen LogP contribution in [0.5, 0.6) is 5.75 Å². The number of benzene rings is 1. The van der Waals surface area contributed by atoms with Crippen molar-refractivity contribution in [2.24, 2.45) is 5.92 Å². The van der Waals surface area contributed by atoms with E-state index in [1.807, 2.05) is 6.92 Å². The van der Waals surface area contributed by atoms with E-state index in [2.05, 4.69) is 0 Å². The van der Waals surface area contributed by atoms with Gasteiger partial charge in [-0.2, -0.15) is 13.2 Å². The van der Waals surface area contributed by atoms with Crippen LogP contribution in [0.2, 0.25) is 0 Å². The minimum atomic E-state index is -4.69. The first-order valence-corrected chi connectivity index (χ1v) is 6.90. The summed E-state index contributed by atoms with van der Waals surface area (Å²) in [5.41, 5.74) is -1.93. The first-order valence-electron chi connectivity index (χ1n) is 6.90. The fraction of sp³-hybridized carbons (Fsp3) is 0.533. The Morgan fingerprint density at radius 2 is 1.95 bits per heavy atom. The van der Waals surface area contributed by atoms with E-state index in [1.54, 1.807) is 0 Å². The zero-order valence-electron chi connectivity index (χ0n) is 11.6. The largest absolute Gasteiger partial charge is 0.490 e. The quantitative estimate of drug-likeness (QED) is 0.902. The maximum absolute atomic E-state index is 12.8. The smallest absolute Gasteiger partial charge is 0.417 e. The molecule has 1 N–H and O–H groups in total. The third kappa shape index (κ3) is 3.68. The molecule has 1 fully saturated rings. The molecular weight excluding hydrogens is 285 g/mol. The number of alkyl halides is 3. The summed E-state index contributed by atoms with van der Waals surface area (Å²) in [7, 11) is 0. The van der Waals surface area contributed by atoms with E-state index in [4.69, 9.17) is 9.84 Å². The second-order valence-electron chi connectivity index (χ2n) is 5.43. The average molecular weight is 302 g/mol. The number of carboxylic acids is 1. The van der Waals surface area contributed by atoms with Crippen LogP contribution in [-0.2, 0) is 6.18 Å². The van der Waals surface area contributed by atoms with E-state index in [0.29, 0.717) is 5.92 Å². The van der Waals surface area contributed by atoms with Gasteiger partial charge in [0.05, 0.1) is 11.1 Å². The van der Waals surface area contributed by atoms with Crippen LogP contribution in [0.4, 0.5) is 13.2 Å². The van der Waals surface area contributed by atoms with Gasteiger partial charge in [0.15, 0.2) is 0 Å². The Labute approximate surface area is 120 Å². The second-order valence-corrected chi connectivity index (χ2v) is 5.43. The molecular formula is C15H17F3O3. The molecule has 1 aliphatic rings. The summed E-state index contributed by atoms with van der Waals surface area (Å²) in [5.74, 6) is -1.11. The van der Waals surface area contributed by atoms with Gasteiger partial charge in [0.1, 0.15) is 11.9 Å². The SMILES string of the molecule is CC1CCCCC1Oc1ccc(C(F)(F)F)c(C(=O)O)c1. The topological polar surface area (TPSA) is 46.5 Å². The third-order valence-corrected chi connectivity index (χ3v) is 3.85. The first-order chi connectivity index (χ1) is 9.79. The number of aromatic carboxylic acids is 1. The maximum Gasteiger partial charge on any atom is 0.417 e. The minimum absolute atomic E-state index is 0.0721. The molecule has 1 saturated carbocycles. The standard InChI is InChI=1S/C15H17F3O3/c1-9-4-2-3-5-13(9)21-10-6-7-12(15(16,17)18)11(8-10)14(19)20/h6-9,13H,2-5H2,1H3,(H,19,20). The lowest BCUT2D eigenvalue weighted by molar-refractivity contribution is -0.138. The summed E-state index contributed by atoms with van der Waals surface area (Å²) in [6.45, 7) is 2.03. The number of hydrogen-bond donors (Lipinski definition) is 1. The molecule has 0 radical (unpaired) electrons. The Bertz CT molecular complexity index is 525. The van der Waals surface area contributed by atoms with Crippen LogP contribution < -0.4 is 4.74 Å². The van der Waals surface area contributed by atoms with Crippen molar-refractivity contribution >= 4 is 5.97 Å². The highest BCUT2D eigenvalue weighted by molar-refractivity contribution is 5.90. The molecule has 6 heteroatoms. The Balaban J connectivity index is 2.26. The van der Waals surface area contributed by atoms with Crippen molar-refractivity contribution in [2.75, 3.05) is 0 Å². The molecule has 0 bridgehead atoms. The summed E-state index contributed by atoms with van der Waals surface area (Å²) in [5, 5.41) is 8.96. The van der Waals surface area contributed by atoms with Crippen LogP contribution in [-0.4, -0.2) is 17.2 Å². The molecule has 1 aliphatic carbocycles. The Morgan fingerprint density at radius 1 is 1.29 bits per heavy atom. The predicted octanol–water partition coefficient (Wildman–Crippen LogP) is 4.36. The molecule has 2 atom stereocenters. The molecule has 1 aromatic carbocycles. The normalized spacial score (nSPS) is 22.9. The highest BCUT2D eigenvalue weighted by Gasteiger charge is 2.35.